The largest absolute Gasteiger partial charge is 0.357 e. The highest BCUT2D eigenvalue weighted by Crippen LogP contribution is 2.07. The summed E-state index contributed by atoms with van der Waals surface area (Å²) in [6, 6.07) is 10.3. The molecule has 2 rings (SSSR count). The molecule has 1 heterocycles. The molecule has 0 aliphatic rings. The van der Waals surface area contributed by atoms with Gasteiger partial charge in [-0.1, -0.05) is 24.3 Å². The van der Waals surface area contributed by atoms with Gasteiger partial charge in [-0.05, 0) is 37.5 Å². The fourth-order valence-electron chi connectivity index (χ4n) is 2.17. The van der Waals surface area contributed by atoms with Crippen LogP contribution in [0.25, 0.3) is 0 Å². The van der Waals surface area contributed by atoms with Crippen LogP contribution >= 0.6 is 24.0 Å². The predicted octanol–water partition coefficient (Wildman–Crippen LogP) is 2.95. The molecule has 1 aromatic heterocycles. The van der Waals surface area contributed by atoms with E-state index in [1.54, 1.807) is 6.20 Å². The second-order valence-electron chi connectivity index (χ2n) is 5.17. The highest BCUT2D eigenvalue weighted by Gasteiger charge is 1.99. The number of nitrogens with one attached hydrogen (secondary N) is 2. The van der Waals surface area contributed by atoms with Gasteiger partial charge in [-0.3, -0.25) is 4.68 Å². The molecule has 23 heavy (non-hydrogen) atoms. The zero-order chi connectivity index (χ0) is 15.6. The molecule has 0 amide bonds. The summed E-state index contributed by atoms with van der Waals surface area (Å²) >= 11 is 0. The number of aromatic nitrogens is 2. The average molecular weight is 427 g/mol. The Morgan fingerprint density at radius 3 is 2.74 bits per heavy atom. The van der Waals surface area contributed by atoms with Crippen molar-refractivity contribution in [2.45, 2.75) is 33.4 Å². The summed E-state index contributed by atoms with van der Waals surface area (Å²) in [5.41, 5.74) is 2.54. The number of aliphatic imine (C=N–C) groups is 1. The SMILES string of the molecule is CCNC(=NCc1ccccc1C)NCCCn1cccn1.I. The first-order valence-corrected chi connectivity index (χ1v) is 7.83. The lowest BCUT2D eigenvalue weighted by molar-refractivity contribution is 0.570. The van der Waals surface area contributed by atoms with Crippen LogP contribution in [0.2, 0.25) is 0 Å². The Morgan fingerprint density at radius 2 is 2.04 bits per heavy atom. The van der Waals surface area contributed by atoms with Crippen LogP contribution in [-0.4, -0.2) is 28.8 Å². The maximum atomic E-state index is 4.65. The summed E-state index contributed by atoms with van der Waals surface area (Å²) in [4.78, 5) is 4.65. The zero-order valence-electron chi connectivity index (χ0n) is 13.8. The van der Waals surface area contributed by atoms with Crippen LogP contribution in [-0.2, 0) is 13.1 Å². The van der Waals surface area contributed by atoms with Crippen LogP contribution in [0.15, 0.2) is 47.7 Å². The highest BCUT2D eigenvalue weighted by atomic mass is 127. The van der Waals surface area contributed by atoms with Gasteiger partial charge in [0.2, 0.25) is 0 Å². The van der Waals surface area contributed by atoms with E-state index in [1.165, 1.54) is 11.1 Å². The average Bonchev–Trinajstić information content (AvgIpc) is 3.03. The summed E-state index contributed by atoms with van der Waals surface area (Å²) in [6.07, 6.45) is 4.80. The Hall–Kier alpha value is -1.57. The number of nitrogens with zero attached hydrogens (tertiary/aromatic N) is 3. The van der Waals surface area contributed by atoms with Crippen molar-refractivity contribution in [3.8, 4) is 0 Å². The fraction of sp³-hybridized carbons (Fsp3) is 0.412. The molecular formula is C17H26IN5. The summed E-state index contributed by atoms with van der Waals surface area (Å²) in [5, 5.41) is 10.9. The van der Waals surface area contributed by atoms with Crippen LogP contribution in [0.5, 0.6) is 0 Å². The van der Waals surface area contributed by atoms with E-state index in [0.29, 0.717) is 6.54 Å². The van der Waals surface area contributed by atoms with Crippen molar-refractivity contribution < 1.29 is 0 Å². The normalized spacial score (nSPS) is 11.0. The van der Waals surface area contributed by atoms with Gasteiger partial charge < -0.3 is 10.6 Å². The second-order valence-corrected chi connectivity index (χ2v) is 5.17. The molecule has 0 aliphatic carbocycles. The monoisotopic (exact) mass is 427 g/mol. The number of aryl methyl sites for hydroxylation is 2. The van der Waals surface area contributed by atoms with Crippen molar-refractivity contribution in [2.75, 3.05) is 13.1 Å². The number of hydrogen-bond donors (Lipinski definition) is 2. The molecule has 0 spiro atoms. The standard InChI is InChI=1S/C17H25N5.HI/c1-3-18-17(19-10-6-12-22-13-7-11-21-22)20-14-16-9-5-4-8-15(16)2;/h4-5,7-9,11,13H,3,6,10,12,14H2,1-2H3,(H2,18,19,20);1H. The molecule has 2 N–H and O–H groups in total. The van der Waals surface area contributed by atoms with Crippen molar-refractivity contribution in [2.24, 2.45) is 4.99 Å². The first-order valence-electron chi connectivity index (χ1n) is 7.83. The maximum absolute atomic E-state index is 4.65. The molecule has 0 saturated heterocycles. The first kappa shape index (κ1) is 19.5. The van der Waals surface area contributed by atoms with Crippen LogP contribution in [0.3, 0.4) is 0 Å². The van der Waals surface area contributed by atoms with Crippen molar-refractivity contribution in [1.29, 1.82) is 0 Å². The van der Waals surface area contributed by atoms with Crippen LogP contribution in [0, 0.1) is 6.92 Å². The summed E-state index contributed by atoms with van der Waals surface area (Å²) in [5.74, 6) is 0.867. The lowest BCUT2D eigenvalue weighted by atomic mass is 10.1. The first-order chi connectivity index (χ1) is 10.8. The molecule has 1 aromatic carbocycles. The van der Waals surface area contributed by atoms with Gasteiger partial charge >= 0.3 is 0 Å². The summed E-state index contributed by atoms with van der Waals surface area (Å²) in [6.45, 7) is 7.54. The third-order valence-electron chi connectivity index (χ3n) is 3.43. The molecule has 126 valence electrons. The van der Waals surface area contributed by atoms with E-state index in [0.717, 1.165) is 32.0 Å². The number of halogens is 1. The van der Waals surface area contributed by atoms with E-state index in [9.17, 15) is 0 Å². The van der Waals surface area contributed by atoms with Gasteiger partial charge in [-0.15, -0.1) is 24.0 Å². The molecule has 0 atom stereocenters. The molecule has 0 radical (unpaired) electrons. The van der Waals surface area contributed by atoms with Gasteiger partial charge in [0.25, 0.3) is 0 Å². The molecule has 0 bridgehead atoms. The molecule has 2 aromatic rings. The summed E-state index contributed by atoms with van der Waals surface area (Å²) < 4.78 is 1.94. The van der Waals surface area contributed by atoms with Crippen LogP contribution < -0.4 is 10.6 Å². The second kappa shape index (κ2) is 11.0. The Bertz CT molecular complexity index is 580. The number of rotatable bonds is 7. The summed E-state index contributed by atoms with van der Waals surface area (Å²) in [7, 11) is 0. The fourth-order valence-corrected chi connectivity index (χ4v) is 2.17. The number of benzene rings is 1. The Labute approximate surface area is 155 Å². The predicted molar refractivity (Wildman–Crippen MR) is 106 cm³/mol. The van der Waals surface area contributed by atoms with E-state index in [4.69, 9.17) is 0 Å². The van der Waals surface area contributed by atoms with Gasteiger partial charge in [0.15, 0.2) is 5.96 Å². The minimum Gasteiger partial charge on any atom is -0.357 e. The van der Waals surface area contributed by atoms with E-state index >= 15 is 0 Å². The molecule has 0 saturated carbocycles. The maximum Gasteiger partial charge on any atom is 0.191 e. The van der Waals surface area contributed by atoms with Gasteiger partial charge in [0, 0.05) is 32.0 Å². The van der Waals surface area contributed by atoms with Gasteiger partial charge in [0.05, 0.1) is 6.54 Å². The van der Waals surface area contributed by atoms with E-state index < -0.39 is 0 Å². The Kier molecular flexibility index (Phi) is 9.35. The Morgan fingerprint density at radius 1 is 1.22 bits per heavy atom. The van der Waals surface area contributed by atoms with Crippen LogP contribution in [0.1, 0.15) is 24.5 Å². The van der Waals surface area contributed by atoms with Gasteiger partial charge in [-0.25, -0.2) is 4.99 Å². The van der Waals surface area contributed by atoms with Crippen molar-refractivity contribution >= 4 is 29.9 Å². The molecule has 0 unspecified atom stereocenters. The van der Waals surface area contributed by atoms with E-state index in [2.05, 4.69) is 58.8 Å². The number of hydrogen-bond acceptors (Lipinski definition) is 2. The topological polar surface area (TPSA) is 54.2 Å². The minimum absolute atomic E-state index is 0. The van der Waals surface area contributed by atoms with Crippen molar-refractivity contribution in [3.63, 3.8) is 0 Å². The van der Waals surface area contributed by atoms with Crippen molar-refractivity contribution in [3.05, 3.63) is 53.9 Å². The van der Waals surface area contributed by atoms with E-state index in [1.807, 2.05) is 16.9 Å². The molecular weight excluding hydrogens is 401 g/mol. The zero-order valence-corrected chi connectivity index (χ0v) is 16.2. The van der Waals surface area contributed by atoms with Gasteiger partial charge in [0.1, 0.15) is 0 Å². The van der Waals surface area contributed by atoms with E-state index in [-0.39, 0.29) is 24.0 Å². The Balaban J connectivity index is 0.00000264. The number of guanidine groups is 1. The molecule has 6 heteroatoms. The lowest BCUT2D eigenvalue weighted by Gasteiger charge is -2.11. The third kappa shape index (κ3) is 7.02. The van der Waals surface area contributed by atoms with Crippen molar-refractivity contribution in [1.82, 2.24) is 20.4 Å². The smallest absolute Gasteiger partial charge is 0.191 e. The van der Waals surface area contributed by atoms with Gasteiger partial charge in [-0.2, -0.15) is 5.10 Å². The third-order valence-corrected chi connectivity index (χ3v) is 3.43. The molecule has 0 aliphatic heterocycles. The molecule has 0 fully saturated rings. The lowest BCUT2D eigenvalue weighted by Crippen LogP contribution is -2.38. The molecule has 5 nitrogen and oxygen atoms in total. The quantitative estimate of drug-likeness (QED) is 0.309. The van der Waals surface area contributed by atoms with Crippen LogP contribution in [0.4, 0.5) is 0 Å². The highest BCUT2D eigenvalue weighted by molar-refractivity contribution is 14.0. The minimum atomic E-state index is 0.